The largest absolute Gasteiger partial charge is 0.566 e. The minimum absolute atomic E-state index is 0.638. The predicted octanol–water partition coefficient (Wildman–Crippen LogP) is -0.540. The summed E-state index contributed by atoms with van der Waals surface area (Å²) in [5.41, 5.74) is 5.42. The molecular formula is C7H21N2O3Si2. The molecule has 3 N–H and O–H groups in total. The van der Waals surface area contributed by atoms with E-state index in [2.05, 4.69) is 11.9 Å². The molecule has 0 aromatic rings. The van der Waals surface area contributed by atoms with Crippen molar-refractivity contribution in [3.05, 3.63) is 0 Å². The van der Waals surface area contributed by atoms with Crippen LogP contribution in [0.2, 0.25) is 6.04 Å². The molecule has 0 bridgehead atoms. The summed E-state index contributed by atoms with van der Waals surface area (Å²) in [5, 5.41) is 0. The third-order valence-electron chi connectivity index (χ3n) is 1.64. The summed E-state index contributed by atoms with van der Waals surface area (Å²) < 4.78 is 15.9. The van der Waals surface area contributed by atoms with E-state index in [0.29, 0.717) is 6.54 Å². The first-order valence-corrected chi connectivity index (χ1v) is 7.92. The molecule has 5 nitrogen and oxygen atoms in total. The molecule has 0 aromatic carbocycles. The van der Waals surface area contributed by atoms with Crippen LogP contribution in [0.1, 0.15) is 13.3 Å². The van der Waals surface area contributed by atoms with Crippen LogP contribution in [0.3, 0.4) is 0 Å². The second-order valence-corrected chi connectivity index (χ2v) is 7.02. The maximum absolute atomic E-state index is 5.72. The lowest BCUT2D eigenvalue weighted by Gasteiger charge is -2.19. The van der Waals surface area contributed by atoms with Gasteiger partial charge >= 0.3 is 9.53 Å². The van der Waals surface area contributed by atoms with Crippen LogP contribution in [0, 0.1) is 0 Å². The van der Waals surface area contributed by atoms with Crippen LogP contribution in [0.15, 0.2) is 0 Å². The summed E-state index contributed by atoms with van der Waals surface area (Å²) in [6.45, 7) is 3.58. The smallest absolute Gasteiger partial charge is 0.402 e. The van der Waals surface area contributed by atoms with Gasteiger partial charge in [0.15, 0.2) is 0 Å². The fourth-order valence-electron chi connectivity index (χ4n) is 1.00. The Labute approximate surface area is 89.7 Å². The average Bonchev–Trinajstić information content (AvgIpc) is 2.22. The Hall–Kier alpha value is 0.234. The lowest BCUT2D eigenvalue weighted by Crippen LogP contribution is -2.45. The molecule has 0 saturated heterocycles. The second-order valence-electron chi connectivity index (χ2n) is 2.80. The average molecular weight is 237 g/mol. The molecule has 0 saturated carbocycles. The molecule has 1 unspecified atom stereocenters. The van der Waals surface area contributed by atoms with Crippen molar-refractivity contribution in [2.45, 2.75) is 19.4 Å². The standard InChI is InChI=1S/C7H21N2O3Si2/c1-4-7-13(9-6-5-8)12-14(10-2)11-3/h9,13H,4-8H2,1-3H3. The zero-order valence-corrected chi connectivity index (χ0v) is 11.4. The normalized spacial score (nSPS) is 13.5. The van der Waals surface area contributed by atoms with Gasteiger partial charge in [-0.05, 0) is 6.04 Å². The van der Waals surface area contributed by atoms with Gasteiger partial charge in [-0.25, -0.2) is 0 Å². The topological polar surface area (TPSA) is 65.7 Å². The summed E-state index contributed by atoms with van der Waals surface area (Å²) in [7, 11) is 0.324. The zero-order chi connectivity index (χ0) is 10.8. The van der Waals surface area contributed by atoms with E-state index in [9.17, 15) is 0 Å². The molecule has 0 heterocycles. The molecule has 0 aliphatic heterocycles. The Balaban J connectivity index is 3.80. The fraction of sp³-hybridized carbons (Fsp3) is 1.00. The van der Waals surface area contributed by atoms with Crippen LogP contribution in [-0.4, -0.2) is 46.0 Å². The molecule has 0 aliphatic rings. The van der Waals surface area contributed by atoms with Gasteiger partial charge in [-0.15, -0.1) is 0 Å². The van der Waals surface area contributed by atoms with E-state index in [1.54, 1.807) is 14.2 Å². The van der Waals surface area contributed by atoms with E-state index < -0.39 is 18.7 Å². The highest BCUT2D eigenvalue weighted by Crippen LogP contribution is 1.99. The van der Waals surface area contributed by atoms with Gasteiger partial charge in [0.1, 0.15) is 0 Å². The van der Waals surface area contributed by atoms with E-state index in [-0.39, 0.29) is 0 Å². The Morgan fingerprint density at radius 2 is 2.00 bits per heavy atom. The first-order chi connectivity index (χ1) is 6.78. The minimum atomic E-state index is -1.52. The molecule has 1 atom stereocenters. The van der Waals surface area contributed by atoms with Gasteiger partial charge in [0.05, 0.1) is 0 Å². The number of hydrogen-bond donors (Lipinski definition) is 2. The highest BCUT2D eigenvalue weighted by Gasteiger charge is 2.21. The van der Waals surface area contributed by atoms with Crippen molar-refractivity contribution < 1.29 is 13.0 Å². The van der Waals surface area contributed by atoms with Crippen molar-refractivity contribution in [1.29, 1.82) is 0 Å². The number of nitrogens with one attached hydrogen (secondary N) is 1. The summed E-state index contributed by atoms with van der Waals surface area (Å²) >= 11 is 0. The number of rotatable bonds is 9. The SMILES string of the molecule is CCC[SiH](NCCN)O[Si](OC)OC. The Bertz CT molecular complexity index is 128. The molecule has 0 aromatic heterocycles. The molecule has 0 amide bonds. The maximum atomic E-state index is 5.72. The minimum Gasteiger partial charge on any atom is -0.402 e. The highest BCUT2D eigenvalue weighted by molar-refractivity contribution is 6.58. The van der Waals surface area contributed by atoms with E-state index in [1.807, 2.05) is 0 Å². The number of hydrogen-bond acceptors (Lipinski definition) is 5. The van der Waals surface area contributed by atoms with Crippen LogP contribution in [0.25, 0.3) is 0 Å². The monoisotopic (exact) mass is 237 g/mol. The summed E-state index contributed by atoms with van der Waals surface area (Å²) in [6.07, 6.45) is 1.11. The fourth-order valence-corrected chi connectivity index (χ4v) is 4.89. The van der Waals surface area contributed by atoms with Crippen LogP contribution in [0.4, 0.5) is 0 Å². The van der Waals surface area contributed by atoms with Gasteiger partial charge in [-0.3, -0.25) is 0 Å². The van der Waals surface area contributed by atoms with Crippen LogP contribution < -0.4 is 10.7 Å². The van der Waals surface area contributed by atoms with Crippen molar-refractivity contribution in [1.82, 2.24) is 4.98 Å². The molecule has 7 heteroatoms. The van der Waals surface area contributed by atoms with Crippen LogP contribution in [-0.2, 0) is 13.0 Å². The van der Waals surface area contributed by atoms with Crippen molar-refractivity contribution in [2.75, 3.05) is 27.3 Å². The maximum Gasteiger partial charge on any atom is 0.566 e. The molecule has 0 rings (SSSR count). The molecule has 0 aliphatic carbocycles. The molecule has 0 spiro atoms. The molecule has 1 radical (unpaired) electrons. The van der Waals surface area contributed by atoms with Crippen molar-refractivity contribution in [3.63, 3.8) is 0 Å². The summed E-state index contributed by atoms with van der Waals surface area (Å²) in [6, 6.07) is 1.07. The molecule has 85 valence electrons. The first kappa shape index (κ1) is 14.2. The lowest BCUT2D eigenvalue weighted by atomic mass is 10.6. The molecule has 14 heavy (non-hydrogen) atoms. The second kappa shape index (κ2) is 9.78. The van der Waals surface area contributed by atoms with Crippen molar-refractivity contribution in [2.24, 2.45) is 5.73 Å². The summed E-state index contributed by atoms with van der Waals surface area (Å²) in [5.74, 6) is 0. The van der Waals surface area contributed by atoms with Gasteiger partial charge in [0.25, 0.3) is 0 Å². The van der Waals surface area contributed by atoms with Crippen LogP contribution in [0.5, 0.6) is 0 Å². The third kappa shape index (κ3) is 6.65. The van der Waals surface area contributed by atoms with Gasteiger partial charge in [0, 0.05) is 27.3 Å². The molecule has 0 fully saturated rings. The van der Waals surface area contributed by atoms with E-state index in [4.69, 9.17) is 18.7 Å². The summed E-state index contributed by atoms with van der Waals surface area (Å²) in [4.78, 5) is 3.33. The van der Waals surface area contributed by atoms with Gasteiger partial charge in [-0.1, -0.05) is 13.3 Å². The first-order valence-electron chi connectivity index (χ1n) is 4.83. The van der Waals surface area contributed by atoms with Crippen molar-refractivity contribution >= 4 is 18.7 Å². The van der Waals surface area contributed by atoms with Gasteiger partial charge in [0.2, 0.25) is 9.20 Å². The predicted molar refractivity (Wildman–Crippen MR) is 60.2 cm³/mol. The zero-order valence-electron chi connectivity index (χ0n) is 9.21. The van der Waals surface area contributed by atoms with Crippen LogP contribution >= 0.6 is 0 Å². The van der Waals surface area contributed by atoms with E-state index in [0.717, 1.165) is 19.0 Å². The van der Waals surface area contributed by atoms with Gasteiger partial charge in [-0.2, -0.15) is 0 Å². The Morgan fingerprint density at radius 1 is 1.36 bits per heavy atom. The molecular weight excluding hydrogens is 216 g/mol. The Morgan fingerprint density at radius 3 is 2.43 bits per heavy atom. The number of nitrogens with two attached hydrogens (primary N) is 1. The van der Waals surface area contributed by atoms with Gasteiger partial charge < -0.3 is 23.7 Å². The lowest BCUT2D eigenvalue weighted by molar-refractivity contribution is 0.199. The Kier molecular flexibility index (Phi) is 9.94. The van der Waals surface area contributed by atoms with E-state index in [1.165, 1.54) is 0 Å². The quantitative estimate of drug-likeness (QED) is 0.527. The highest BCUT2D eigenvalue weighted by atomic mass is 28.4. The third-order valence-corrected chi connectivity index (χ3v) is 6.06. The van der Waals surface area contributed by atoms with E-state index >= 15 is 0 Å². The van der Waals surface area contributed by atoms with Crippen molar-refractivity contribution in [3.8, 4) is 0 Å².